The first-order chi connectivity index (χ1) is 11.9. The quantitative estimate of drug-likeness (QED) is 0.419. The lowest BCUT2D eigenvalue weighted by molar-refractivity contribution is -0.360. The fourth-order valence-electron chi connectivity index (χ4n) is 1.88. The first-order valence-corrected chi connectivity index (χ1v) is 8.85. The lowest BCUT2D eigenvalue weighted by atomic mass is 10.0. The van der Waals surface area contributed by atoms with Crippen LogP contribution in [0.4, 0.5) is 27.6 Å². The Hall–Kier alpha value is -2.11. The summed E-state index contributed by atoms with van der Waals surface area (Å²) in [4.78, 5) is 0. The standard InChI is InChI=1S/C14H9ClF5NO4S/c15-26(22,23)25-21-11-7-3-1-5-9(11)10-6-2-4-8-12(10)24-14(19,20)13(16,17)18/h1-8,21H. The van der Waals surface area contributed by atoms with Crippen molar-refractivity contribution < 1.29 is 39.4 Å². The molecule has 0 bridgehead atoms. The first kappa shape index (κ1) is 20.2. The van der Waals surface area contributed by atoms with Crippen molar-refractivity contribution in [3.8, 4) is 16.9 Å². The Kier molecular flexibility index (Phi) is 5.64. The molecule has 0 fully saturated rings. The molecule has 0 amide bonds. The molecule has 0 aliphatic rings. The zero-order valence-corrected chi connectivity index (χ0v) is 14.0. The summed E-state index contributed by atoms with van der Waals surface area (Å²) in [5, 5.41) is 0. The van der Waals surface area contributed by atoms with Crippen LogP contribution in [0.15, 0.2) is 48.5 Å². The zero-order chi connectivity index (χ0) is 19.6. The van der Waals surface area contributed by atoms with Crippen LogP contribution in [0.25, 0.3) is 11.1 Å². The highest BCUT2D eigenvalue weighted by atomic mass is 35.7. The summed E-state index contributed by atoms with van der Waals surface area (Å²) in [5.74, 6) is -0.780. The van der Waals surface area contributed by atoms with Gasteiger partial charge in [0.2, 0.25) is 0 Å². The fraction of sp³-hybridized carbons (Fsp3) is 0.143. The summed E-state index contributed by atoms with van der Waals surface area (Å²) in [5.41, 5.74) is 1.78. The van der Waals surface area contributed by atoms with Gasteiger partial charge in [0.05, 0.1) is 16.4 Å². The van der Waals surface area contributed by atoms with Crippen molar-refractivity contribution in [3.63, 3.8) is 0 Å². The number of ether oxygens (including phenoxy) is 1. The highest BCUT2D eigenvalue weighted by molar-refractivity contribution is 8.10. The van der Waals surface area contributed by atoms with Gasteiger partial charge in [0.15, 0.2) is 0 Å². The number of hydrogen-bond acceptors (Lipinski definition) is 5. The van der Waals surface area contributed by atoms with Crippen molar-refractivity contribution in [2.45, 2.75) is 12.3 Å². The average Bonchev–Trinajstić information content (AvgIpc) is 2.52. The van der Waals surface area contributed by atoms with E-state index in [0.717, 1.165) is 6.07 Å². The molecular formula is C14H9ClF5NO4S. The average molecular weight is 418 g/mol. The molecule has 0 aliphatic carbocycles. The van der Waals surface area contributed by atoms with Crippen LogP contribution in [0.3, 0.4) is 0 Å². The van der Waals surface area contributed by atoms with Crippen LogP contribution in [-0.2, 0) is 13.6 Å². The van der Waals surface area contributed by atoms with Crippen molar-refractivity contribution in [1.82, 2.24) is 0 Å². The van der Waals surface area contributed by atoms with E-state index in [4.69, 9.17) is 10.7 Å². The van der Waals surface area contributed by atoms with Crippen LogP contribution in [0.5, 0.6) is 5.75 Å². The Morgan fingerprint density at radius 2 is 1.42 bits per heavy atom. The predicted octanol–water partition coefficient (Wildman–Crippen LogP) is 4.71. The molecule has 0 atom stereocenters. The van der Waals surface area contributed by atoms with E-state index in [0.29, 0.717) is 0 Å². The number of alkyl halides is 5. The van der Waals surface area contributed by atoms with Gasteiger partial charge in [-0.3, -0.25) is 0 Å². The van der Waals surface area contributed by atoms with Crippen LogP contribution < -0.4 is 10.2 Å². The minimum Gasteiger partial charge on any atom is -0.425 e. The maximum Gasteiger partial charge on any atom is 0.499 e. The molecule has 0 aromatic heterocycles. The number of rotatable bonds is 6. The summed E-state index contributed by atoms with van der Waals surface area (Å²) in [6.45, 7) is 0. The maximum atomic E-state index is 13.2. The van der Waals surface area contributed by atoms with Gasteiger partial charge < -0.3 is 4.74 Å². The molecule has 0 radical (unpaired) electrons. The number of para-hydroxylation sites is 2. The van der Waals surface area contributed by atoms with Crippen molar-refractivity contribution >= 4 is 25.7 Å². The van der Waals surface area contributed by atoms with Crippen LogP contribution >= 0.6 is 10.7 Å². The summed E-state index contributed by atoms with van der Waals surface area (Å²) >= 11 is 0. The second kappa shape index (κ2) is 7.25. The molecule has 0 aliphatic heterocycles. The van der Waals surface area contributed by atoms with Gasteiger partial charge in [0, 0.05) is 11.1 Å². The molecule has 2 aromatic carbocycles. The molecule has 12 heteroatoms. The van der Waals surface area contributed by atoms with Crippen molar-refractivity contribution in [1.29, 1.82) is 0 Å². The van der Waals surface area contributed by atoms with Gasteiger partial charge in [0.1, 0.15) is 5.75 Å². The molecule has 142 valence electrons. The maximum absolute atomic E-state index is 13.2. The van der Waals surface area contributed by atoms with Gasteiger partial charge in [-0.15, -0.1) is 4.28 Å². The number of benzene rings is 2. The largest absolute Gasteiger partial charge is 0.499 e. The van der Waals surface area contributed by atoms with Crippen LogP contribution in [-0.4, -0.2) is 20.7 Å². The SMILES string of the molecule is O=S(=O)(Cl)ONc1ccccc1-c1ccccc1OC(F)(F)C(F)(F)F. The van der Waals surface area contributed by atoms with E-state index < -0.39 is 27.4 Å². The molecule has 5 nitrogen and oxygen atoms in total. The Labute approximate surface area is 148 Å². The second-order valence-corrected chi connectivity index (χ2v) is 6.82. The second-order valence-electron chi connectivity index (χ2n) is 4.74. The van der Waals surface area contributed by atoms with E-state index in [-0.39, 0.29) is 16.8 Å². The molecule has 2 aromatic rings. The lowest BCUT2D eigenvalue weighted by Crippen LogP contribution is -2.42. The molecule has 26 heavy (non-hydrogen) atoms. The lowest BCUT2D eigenvalue weighted by Gasteiger charge is -2.22. The molecule has 0 saturated heterocycles. The Morgan fingerprint density at radius 3 is 2.00 bits per heavy atom. The van der Waals surface area contributed by atoms with Gasteiger partial charge >= 0.3 is 21.6 Å². The van der Waals surface area contributed by atoms with Gasteiger partial charge in [0.25, 0.3) is 0 Å². The van der Waals surface area contributed by atoms with E-state index in [1.165, 1.54) is 42.5 Å². The summed E-state index contributed by atoms with van der Waals surface area (Å²) in [6, 6.07) is 10.2. The Balaban J connectivity index is 2.45. The van der Waals surface area contributed by atoms with Gasteiger partial charge in [-0.25, -0.2) is 5.48 Å². The summed E-state index contributed by atoms with van der Waals surface area (Å²) in [6.07, 6.45) is -11.4. The highest BCUT2D eigenvalue weighted by Crippen LogP contribution is 2.42. The Bertz CT molecular complexity index is 889. The van der Waals surface area contributed by atoms with Crippen molar-refractivity contribution in [2.75, 3.05) is 5.48 Å². The third-order valence-corrected chi connectivity index (χ3v) is 3.40. The third-order valence-electron chi connectivity index (χ3n) is 2.92. The van der Waals surface area contributed by atoms with Crippen LogP contribution in [0, 0.1) is 0 Å². The first-order valence-electron chi connectivity index (χ1n) is 6.62. The summed E-state index contributed by atoms with van der Waals surface area (Å²) < 4.78 is 93.4. The van der Waals surface area contributed by atoms with E-state index in [2.05, 4.69) is 9.02 Å². The molecule has 0 saturated carbocycles. The molecular weight excluding hydrogens is 409 g/mol. The molecule has 0 unspecified atom stereocenters. The van der Waals surface area contributed by atoms with E-state index in [1.54, 1.807) is 0 Å². The van der Waals surface area contributed by atoms with E-state index >= 15 is 0 Å². The Morgan fingerprint density at radius 1 is 0.885 bits per heavy atom. The van der Waals surface area contributed by atoms with E-state index in [9.17, 15) is 30.4 Å². The third kappa shape index (κ3) is 4.96. The predicted molar refractivity (Wildman–Crippen MR) is 83.0 cm³/mol. The van der Waals surface area contributed by atoms with Crippen molar-refractivity contribution in [3.05, 3.63) is 48.5 Å². The number of nitrogens with one attached hydrogen (secondary N) is 1. The zero-order valence-electron chi connectivity index (χ0n) is 12.4. The van der Waals surface area contributed by atoms with E-state index in [1.807, 2.05) is 5.48 Å². The highest BCUT2D eigenvalue weighted by Gasteiger charge is 2.61. The van der Waals surface area contributed by atoms with Crippen LogP contribution in [0.2, 0.25) is 0 Å². The fourth-order valence-corrected chi connectivity index (χ4v) is 2.16. The molecule has 0 heterocycles. The number of anilines is 1. The molecule has 2 rings (SSSR count). The number of hydrogen-bond donors (Lipinski definition) is 1. The van der Waals surface area contributed by atoms with Gasteiger partial charge in [-0.1, -0.05) is 36.4 Å². The minimum atomic E-state index is -5.92. The normalized spacial score (nSPS) is 12.7. The van der Waals surface area contributed by atoms with Gasteiger partial charge in [-0.2, -0.15) is 30.4 Å². The topological polar surface area (TPSA) is 64.6 Å². The monoisotopic (exact) mass is 417 g/mol. The van der Waals surface area contributed by atoms with Crippen LogP contribution in [0.1, 0.15) is 0 Å². The minimum absolute atomic E-state index is 0.0291. The van der Waals surface area contributed by atoms with Crippen molar-refractivity contribution in [2.24, 2.45) is 0 Å². The molecule has 1 N–H and O–H groups in total. The number of halogens is 6. The molecule has 0 spiro atoms. The van der Waals surface area contributed by atoms with Gasteiger partial charge in [-0.05, 0) is 12.1 Å². The smallest absolute Gasteiger partial charge is 0.425 e. The summed E-state index contributed by atoms with van der Waals surface area (Å²) in [7, 11) is 0.470.